The Bertz CT molecular complexity index is 3770. The van der Waals surface area contributed by atoms with Gasteiger partial charge < -0.3 is 18.6 Å². The van der Waals surface area contributed by atoms with E-state index in [9.17, 15) is 33.7 Å². The third kappa shape index (κ3) is 12.2. The van der Waals surface area contributed by atoms with E-state index in [-0.39, 0.29) is 9.79 Å². The standard InChI is InChI=1S/C56H66N6O10S4/c1-9-61(10-2)41-27-31-45-51(37-41)71-49-35-39(25-29-43(49)55(45)47-21-15-17-23-53(47)75(67,68)57-73(7,63)64)59(5)33-19-13-14-20-34-60(6)40-26-30-44-50(36-40)72-52-38-42(62(11-3)12-4)28-32-46(52)56(44)48-22-16-18-24-54(48)76(69,70)58-74(8,65)66/h15-18,21-32,35-38,57-58H,9-14,19-20,33-34H2,1-8H3/q+2. The molecule has 4 aliphatic rings. The Morgan fingerprint density at radius 2 is 0.816 bits per heavy atom. The molecule has 0 unspecified atom stereocenters. The van der Waals surface area contributed by atoms with Gasteiger partial charge in [-0.2, -0.15) is 0 Å². The summed E-state index contributed by atoms with van der Waals surface area (Å²) in [6.45, 7) is 12.9. The molecule has 8 rings (SSSR count). The number of benzene rings is 6. The molecule has 0 aromatic heterocycles. The Morgan fingerprint density at radius 1 is 0.447 bits per heavy atom. The van der Waals surface area contributed by atoms with Crippen LogP contribution >= 0.6 is 0 Å². The van der Waals surface area contributed by atoms with Crippen molar-refractivity contribution >= 4 is 73.4 Å². The van der Waals surface area contributed by atoms with Crippen molar-refractivity contribution < 1.29 is 42.5 Å². The second kappa shape index (κ2) is 22.7. The zero-order valence-corrected chi connectivity index (χ0v) is 47.4. The van der Waals surface area contributed by atoms with Crippen LogP contribution in [-0.2, 0) is 40.1 Å². The van der Waals surface area contributed by atoms with Gasteiger partial charge in [-0.05, 0) is 89.1 Å². The van der Waals surface area contributed by atoms with Crippen LogP contribution < -0.4 is 37.9 Å². The largest absolute Gasteiger partial charge is 0.456 e. The van der Waals surface area contributed by atoms with Gasteiger partial charge in [0.2, 0.25) is 30.8 Å². The molecule has 0 bridgehead atoms. The molecule has 76 heavy (non-hydrogen) atoms. The number of hydrogen-bond donors (Lipinski definition) is 2. The maximum atomic E-state index is 13.6. The van der Waals surface area contributed by atoms with Crippen molar-refractivity contribution in [2.75, 3.05) is 75.7 Å². The van der Waals surface area contributed by atoms with Gasteiger partial charge in [0, 0.05) is 119 Å². The summed E-state index contributed by atoms with van der Waals surface area (Å²) < 4.78 is 125. The van der Waals surface area contributed by atoms with E-state index in [1.54, 1.807) is 36.4 Å². The summed E-state index contributed by atoms with van der Waals surface area (Å²) in [7, 11) is -13.1. The van der Waals surface area contributed by atoms with Gasteiger partial charge in [0.15, 0.2) is 0 Å². The fourth-order valence-corrected chi connectivity index (χ4v) is 15.3. The third-order valence-corrected chi connectivity index (χ3v) is 19.7. The molecule has 402 valence electrons. The first kappa shape index (κ1) is 55.8. The molecule has 0 spiro atoms. The fourth-order valence-electron chi connectivity index (χ4n) is 9.97. The topological polar surface area (TPSA) is 199 Å². The highest BCUT2D eigenvalue weighted by atomic mass is 32.3. The molecule has 0 saturated heterocycles. The van der Waals surface area contributed by atoms with Crippen LogP contribution in [0, 0.1) is 0 Å². The molecule has 20 heteroatoms. The predicted molar refractivity (Wildman–Crippen MR) is 305 cm³/mol. The van der Waals surface area contributed by atoms with Crippen molar-refractivity contribution in [3.63, 3.8) is 0 Å². The molecule has 4 aromatic carbocycles. The van der Waals surface area contributed by atoms with Crippen molar-refractivity contribution in [2.24, 2.45) is 0 Å². The molecular weight excluding hydrogens is 1040 g/mol. The number of hydrogen-bond acceptors (Lipinski definition) is 12. The van der Waals surface area contributed by atoms with Crippen molar-refractivity contribution in [1.29, 1.82) is 0 Å². The van der Waals surface area contributed by atoms with Crippen LogP contribution in [0.25, 0.3) is 66.8 Å². The summed E-state index contributed by atoms with van der Waals surface area (Å²) in [4.78, 5) is 4.05. The molecule has 0 atom stereocenters. The Labute approximate surface area is 446 Å². The van der Waals surface area contributed by atoms with Crippen LogP contribution in [0.2, 0.25) is 0 Å². The van der Waals surface area contributed by atoms with Crippen molar-refractivity contribution in [3.05, 3.63) is 132 Å². The summed E-state index contributed by atoms with van der Waals surface area (Å²) >= 11 is 0. The van der Waals surface area contributed by atoms with E-state index >= 15 is 0 Å². The van der Waals surface area contributed by atoms with Crippen LogP contribution in [0.1, 0.15) is 53.4 Å². The van der Waals surface area contributed by atoms with Crippen LogP contribution in [-0.4, -0.2) is 99.5 Å². The van der Waals surface area contributed by atoms with E-state index in [0.29, 0.717) is 66.8 Å². The molecule has 0 radical (unpaired) electrons. The average Bonchev–Trinajstić information content (AvgIpc) is 3.38. The van der Waals surface area contributed by atoms with Crippen LogP contribution in [0.15, 0.2) is 140 Å². The van der Waals surface area contributed by atoms with E-state index in [4.69, 9.17) is 8.83 Å². The summed E-state index contributed by atoms with van der Waals surface area (Å²) in [6, 6.07) is 36.3. The minimum absolute atomic E-state index is 0.169. The van der Waals surface area contributed by atoms with Crippen molar-refractivity contribution in [1.82, 2.24) is 17.4 Å². The Balaban J connectivity index is 1.06. The lowest BCUT2D eigenvalue weighted by atomic mass is 9.93. The molecule has 0 saturated carbocycles. The lowest BCUT2D eigenvalue weighted by Gasteiger charge is -2.22. The first-order chi connectivity index (χ1) is 36.1. The maximum Gasteiger partial charge on any atom is 0.254 e. The summed E-state index contributed by atoms with van der Waals surface area (Å²) in [5.41, 5.74) is 6.26. The number of sulfonamides is 4. The molecule has 2 aliphatic carbocycles. The van der Waals surface area contributed by atoms with Gasteiger partial charge in [0.25, 0.3) is 20.0 Å². The first-order valence-electron chi connectivity index (χ1n) is 25.3. The minimum atomic E-state index is -4.48. The monoisotopic (exact) mass is 1110 g/mol. The second-order valence-electron chi connectivity index (χ2n) is 19.0. The smallest absolute Gasteiger partial charge is 0.254 e. The van der Waals surface area contributed by atoms with Crippen LogP contribution in [0.5, 0.6) is 0 Å². The Kier molecular flexibility index (Phi) is 16.6. The van der Waals surface area contributed by atoms with Gasteiger partial charge in [-0.25, -0.2) is 42.8 Å². The minimum Gasteiger partial charge on any atom is -0.456 e. The summed E-state index contributed by atoms with van der Waals surface area (Å²) in [6.07, 6.45) is 5.40. The van der Waals surface area contributed by atoms with Crippen LogP contribution in [0.4, 0.5) is 11.4 Å². The number of nitrogens with one attached hydrogen (secondary N) is 2. The Morgan fingerprint density at radius 3 is 1.17 bits per heavy atom. The zero-order valence-electron chi connectivity index (χ0n) is 44.1. The second-order valence-corrected chi connectivity index (χ2v) is 26.3. The predicted octanol–water partition coefficient (Wildman–Crippen LogP) is 7.96. The maximum absolute atomic E-state index is 13.6. The van der Waals surface area contributed by atoms with Gasteiger partial charge >= 0.3 is 0 Å². The van der Waals surface area contributed by atoms with Crippen LogP contribution in [0.3, 0.4) is 0 Å². The third-order valence-electron chi connectivity index (χ3n) is 13.7. The van der Waals surface area contributed by atoms with E-state index in [0.717, 1.165) is 99.6 Å². The van der Waals surface area contributed by atoms with Crippen molar-refractivity contribution in [2.45, 2.75) is 63.2 Å². The number of anilines is 2. The van der Waals surface area contributed by atoms with E-state index < -0.39 is 40.1 Å². The number of rotatable bonds is 21. The molecule has 0 amide bonds. The number of unbranched alkanes of at least 4 members (excludes halogenated alkanes) is 3. The quantitative estimate of drug-likeness (QED) is 0.0401. The molecule has 2 aliphatic heterocycles. The lowest BCUT2D eigenvalue weighted by molar-refractivity contribution is 0.543. The Hall–Kier alpha value is -6.42. The molecule has 2 heterocycles. The highest BCUT2D eigenvalue weighted by Gasteiger charge is 2.29. The van der Waals surface area contributed by atoms with Gasteiger partial charge in [-0.1, -0.05) is 36.4 Å². The zero-order chi connectivity index (χ0) is 54.7. The van der Waals surface area contributed by atoms with E-state index in [2.05, 4.69) is 46.6 Å². The fraction of sp³-hybridized carbons (Fsp3) is 0.321. The first-order valence-corrected chi connectivity index (χ1v) is 32.1. The molecular formula is C56H66N6O10S4+2. The summed E-state index contributed by atoms with van der Waals surface area (Å²) in [5, 5.41) is 3.19. The van der Waals surface area contributed by atoms with Crippen molar-refractivity contribution in [3.8, 4) is 44.9 Å². The highest BCUT2D eigenvalue weighted by molar-refractivity contribution is 8.04. The molecule has 0 fully saturated rings. The molecule has 2 N–H and O–H groups in total. The number of nitrogens with zero attached hydrogens (tertiary/aromatic N) is 4. The normalized spacial score (nSPS) is 13.4. The highest BCUT2D eigenvalue weighted by Crippen LogP contribution is 2.45. The summed E-state index contributed by atoms with van der Waals surface area (Å²) in [5.74, 6) is 1.09. The van der Waals surface area contributed by atoms with Gasteiger partial charge in [-0.3, -0.25) is 0 Å². The van der Waals surface area contributed by atoms with E-state index in [1.165, 1.54) is 12.1 Å². The average molecular weight is 1110 g/mol. The van der Waals surface area contributed by atoms with Gasteiger partial charge in [0.1, 0.15) is 49.9 Å². The van der Waals surface area contributed by atoms with E-state index in [1.807, 2.05) is 95.1 Å². The molecule has 4 aromatic rings. The lowest BCUT2D eigenvalue weighted by Crippen LogP contribution is -2.30. The van der Waals surface area contributed by atoms with Gasteiger partial charge in [0.05, 0.1) is 34.4 Å². The van der Waals surface area contributed by atoms with Gasteiger partial charge in [-0.15, -0.1) is 8.25 Å². The SMILES string of the molecule is CCN(CC)c1ccc2c(-c3ccccc3S(=O)(=O)NS(C)(=O)=O)c3ccc(=[N+](C)CCCCCC[N+](C)=c4ccc5c(-c6ccccc6S(=O)(=O)NS(C)(=O)=O)c6ccc(N(CC)CC)cc6oc-5c4)cc-3oc2c1. The number of fused-ring (bicyclic) bond motifs is 4. The molecule has 16 nitrogen and oxygen atoms in total.